The van der Waals surface area contributed by atoms with Crippen LogP contribution in [0.5, 0.6) is 0 Å². The van der Waals surface area contributed by atoms with Gasteiger partial charge in [-0.05, 0) is 25.0 Å². The van der Waals surface area contributed by atoms with Crippen LogP contribution in [0, 0.1) is 5.41 Å². The van der Waals surface area contributed by atoms with E-state index < -0.39 is 21.5 Å². The predicted octanol–water partition coefficient (Wildman–Crippen LogP) is 1.31. The van der Waals surface area contributed by atoms with Crippen LogP contribution in [0.3, 0.4) is 0 Å². The molecule has 0 spiro atoms. The van der Waals surface area contributed by atoms with Crippen LogP contribution in [0.25, 0.3) is 10.8 Å². The molecule has 10 nitrogen and oxygen atoms in total. The lowest BCUT2D eigenvalue weighted by Gasteiger charge is -2.28. The lowest BCUT2D eigenvalue weighted by atomic mass is 9.98. The van der Waals surface area contributed by atoms with Crippen molar-refractivity contribution >= 4 is 62.5 Å². The molecule has 1 aromatic carbocycles. The Morgan fingerprint density at radius 2 is 1.97 bits per heavy atom. The highest BCUT2D eigenvalue weighted by Crippen LogP contribution is 2.33. The van der Waals surface area contributed by atoms with Crippen molar-refractivity contribution in [3.8, 4) is 0 Å². The number of pyridine rings is 1. The van der Waals surface area contributed by atoms with E-state index in [9.17, 15) is 13.2 Å². The summed E-state index contributed by atoms with van der Waals surface area (Å²) < 4.78 is 28.9. The molecule has 1 aromatic heterocycles. The highest BCUT2D eigenvalue weighted by molar-refractivity contribution is 7.89. The molecule has 0 atom stereocenters. The maximum absolute atomic E-state index is 13.2. The lowest BCUT2D eigenvalue weighted by Crippen LogP contribution is -2.57. The van der Waals surface area contributed by atoms with Crippen LogP contribution in [0.15, 0.2) is 29.3 Å². The normalized spacial score (nSPS) is 15.3. The van der Waals surface area contributed by atoms with Crippen molar-refractivity contribution in [2.45, 2.75) is 36.1 Å². The van der Waals surface area contributed by atoms with Gasteiger partial charge in [-0.2, -0.15) is 4.72 Å². The van der Waals surface area contributed by atoms with Gasteiger partial charge in [0.15, 0.2) is 5.96 Å². The molecule has 1 aliphatic rings. The number of halogens is 2. The van der Waals surface area contributed by atoms with Crippen molar-refractivity contribution in [1.82, 2.24) is 15.0 Å². The minimum Gasteiger partial charge on any atom is -0.395 e. The molecule has 0 saturated heterocycles. The second-order valence-corrected chi connectivity index (χ2v) is 9.16. The van der Waals surface area contributed by atoms with E-state index in [1.807, 2.05) is 0 Å². The third kappa shape index (κ3) is 5.36. The zero-order valence-corrected chi connectivity index (χ0v) is 18.8. The number of carbonyl (C=O) groups excluding carboxylic acids is 1. The van der Waals surface area contributed by atoms with Crippen molar-refractivity contribution in [3.05, 3.63) is 29.4 Å². The van der Waals surface area contributed by atoms with E-state index in [4.69, 9.17) is 27.9 Å². The van der Waals surface area contributed by atoms with Crippen LogP contribution >= 0.6 is 24.0 Å². The smallest absolute Gasteiger partial charge is 0.241 e. The topological polar surface area (TPSA) is 170 Å². The SMILES string of the molecule is Cl.N=C(N)Nc1ncc(Cl)c2ccc(S(=O)(=O)NC3(C(=O)NCCO)CCCC3)cc12. The monoisotopic (exact) mass is 490 g/mol. The highest BCUT2D eigenvalue weighted by Gasteiger charge is 2.44. The number of guanidine groups is 1. The molecular formula is C18H24Cl2N6O4S. The molecule has 0 aliphatic heterocycles. The Bertz CT molecular complexity index is 1090. The third-order valence-corrected chi connectivity index (χ3v) is 6.83. The fourth-order valence-corrected chi connectivity index (χ4v) is 5.25. The standard InChI is InChI=1S/C18H23ClN6O4S.ClH/c19-14-10-23-15(24-17(20)21)13-9-11(3-4-12(13)14)30(28,29)25-18(5-1-2-6-18)16(27)22-7-8-26;/h3-4,9-10,25-26H,1-2,5-8H2,(H,22,27)(H4,20,21,23,24);1H. The van der Waals surface area contributed by atoms with Crippen LogP contribution in [-0.2, 0) is 14.8 Å². The van der Waals surface area contributed by atoms with Crippen LogP contribution in [0.2, 0.25) is 5.02 Å². The van der Waals surface area contributed by atoms with Gasteiger partial charge in [0.25, 0.3) is 0 Å². The maximum Gasteiger partial charge on any atom is 0.241 e. The van der Waals surface area contributed by atoms with Gasteiger partial charge in [-0.3, -0.25) is 10.2 Å². The summed E-state index contributed by atoms with van der Waals surface area (Å²) in [5.74, 6) is -0.625. The van der Waals surface area contributed by atoms with Gasteiger partial charge < -0.3 is 21.5 Å². The summed E-state index contributed by atoms with van der Waals surface area (Å²) in [6.45, 7) is -0.193. The summed E-state index contributed by atoms with van der Waals surface area (Å²) in [5.41, 5.74) is 4.12. The molecule has 0 radical (unpaired) electrons. The maximum atomic E-state index is 13.2. The Morgan fingerprint density at radius 1 is 1.29 bits per heavy atom. The summed E-state index contributed by atoms with van der Waals surface area (Å²) in [4.78, 5) is 16.6. The van der Waals surface area contributed by atoms with Crippen molar-refractivity contribution in [2.75, 3.05) is 18.5 Å². The average molecular weight is 491 g/mol. The van der Waals surface area contributed by atoms with E-state index in [2.05, 4.69) is 20.3 Å². The number of aromatic nitrogens is 1. The Labute approximate surface area is 190 Å². The first-order valence-electron chi connectivity index (χ1n) is 9.31. The van der Waals surface area contributed by atoms with Gasteiger partial charge in [0, 0.05) is 23.5 Å². The molecule has 13 heteroatoms. The van der Waals surface area contributed by atoms with Gasteiger partial charge in [-0.25, -0.2) is 13.4 Å². The van der Waals surface area contributed by atoms with Gasteiger partial charge in [0.2, 0.25) is 15.9 Å². The van der Waals surface area contributed by atoms with Crippen molar-refractivity contribution in [1.29, 1.82) is 5.41 Å². The number of aliphatic hydroxyl groups excluding tert-OH is 1. The lowest BCUT2D eigenvalue weighted by molar-refractivity contribution is -0.126. The fraction of sp³-hybridized carbons (Fsp3) is 0.389. The Morgan fingerprint density at radius 3 is 2.58 bits per heavy atom. The number of carbonyl (C=O) groups is 1. The largest absolute Gasteiger partial charge is 0.395 e. The number of fused-ring (bicyclic) bond motifs is 1. The number of hydrogen-bond acceptors (Lipinski definition) is 6. The van der Waals surface area contributed by atoms with Gasteiger partial charge in [-0.1, -0.05) is 30.5 Å². The summed E-state index contributed by atoms with van der Waals surface area (Å²) >= 11 is 6.17. The van der Waals surface area contributed by atoms with Crippen LogP contribution in [0.1, 0.15) is 25.7 Å². The van der Waals surface area contributed by atoms with Gasteiger partial charge in [0.1, 0.15) is 11.4 Å². The van der Waals surface area contributed by atoms with Gasteiger partial charge in [0.05, 0.1) is 16.5 Å². The highest BCUT2D eigenvalue weighted by atomic mass is 35.5. The molecule has 1 heterocycles. The molecular weight excluding hydrogens is 467 g/mol. The summed E-state index contributed by atoms with van der Waals surface area (Å²) in [5, 5.41) is 22.7. The molecule has 0 bridgehead atoms. The Kier molecular flexibility index (Phi) is 8.06. The number of amides is 1. The number of anilines is 1. The number of rotatable bonds is 7. The number of nitrogens with two attached hydrogens (primary N) is 1. The van der Waals surface area contributed by atoms with Crippen molar-refractivity contribution < 1.29 is 18.3 Å². The van der Waals surface area contributed by atoms with Crippen LogP contribution < -0.4 is 21.1 Å². The quantitative estimate of drug-likeness (QED) is 0.251. The molecule has 1 aliphatic carbocycles. The molecule has 3 rings (SSSR count). The number of sulfonamides is 1. The van der Waals surface area contributed by atoms with E-state index in [-0.39, 0.29) is 42.2 Å². The summed E-state index contributed by atoms with van der Waals surface area (Å²) in [7, 11) is -4.08. The number of benzene rings is 1. The van der Waals surface area contributed by atoms with Crippen LogP contribution in [0.4, 0.5) is 5.82 Å². The first-order valence-corrected chi connectivity index (χ1v) is 11.2. The first kappa shape index (κ1) is 25.1. The Balaban J connectivity index is 0.00000341. The fourth-order valence-electron chi connectivity index (χ4n) is 3.59. The van der Waals surface area contributed by atoms with E-state index in [1.54, 1.807) is 0 Å². The molecule has 31 heavy (non-hydrogen) atoms. The molecule has 0 unspecified atom stereocenters. The summed E-state index contributed by atoms with van der Waals surface area (Å²) in [6, 6.07) is 4.30. The van der Waals surface area contributed by atoms with Gasteiger partial charge in [-0.15, -0.1) is 12.4 Å². The molecule has 1 fully saturated rings. The van der Waals surface area contributed by atoms with E-state index in [0.717, 1.165) is 0 Å². The molecule has 1 amide bonds. The minimum atomic E-state index is -4.08. The van der Waals surface area contributed by atoms with Crippen molar-refractivity contribution in [3.63, 3.8) is 0 Å². The van der Waals surface area contributed by atoms with E-state index >= 15 is 0 Å². The average Bonchev–Trinajstić information content (AvgIpc) is 3.16. The number of hydrogen-bond donors (Lipinski definition) is 6. The second kappa shape index (κ2) is 9.96. The van der Waals surface area contributed by atoms with Crippen LogP contribution in [-0.4, -0.2) is 49.1 Å². The molecule has 7 N–H and O–H groups in total. The van der Waals surface area contributed by atoms with E-state index in [0.29, 0.717) is 41.5 Å². The second-order valence-electron chi connectivity index (χ2n) is 7.08. The predicted molar refractivity (Wildman–Crippen MR) is 121 cm³/mol. The zero-order valence-electron chi connectivity index (χ0n) is 16.4. The Hall–Kier alpha value is -2.18. The van der Waals surface area contributed by atoms with E-state index in [1.165, 1.54) is 24.4 Å². The number of aliphatic hydroxyl groups is 1. The minimum absolute atomic E-state index is 0. The summed E-state index contributed by atoms with van der Waals surface area (Å²) in [6.07, 6.45) is 3.52. The van der Waals surface area contributed by atoms with Crippen molar-refractivity contribution in [2.24, 2.45) is 5.73 Å². The first-order chi connectivity index (χ1) is 14.2. The molecule has 1 saturated carbocycles. The number of nitrogens with one attached hydrogen (secondary N) is 4. The molecule has 170 valence electrons. The number of nitrogens with zero attached hydrogens (tertiary/aromatic N) is 1. The van der Waals surface area contributed by atoms with Gasteiger partial charge >= 0.3 is 0 Å². The molecule has 2 aromatic rings. The third-order valence-electron chi connectivity index (χ3n) is 4.99. The zero-order chi connectivity index (χ0) is 21.9.